The summed E-state index contributed by atoms with van der Waals surface area (Å²) in [4.78, 5) is 9.01. The molecular formula is C15H14ClN5. The van der Waals surface area contributed by atoms with Crippen molar-refractivity contribution in [2.24, 2.45) is 0 Å². The lowest BCUT2D eigenvalue weighted by molar-refractivity contribution is 0.899. The second-order valence-corrected chi connectivity index (χ2v) is 5.68. The Morgan fingerprint density at radius 3 is 2.76 bits per heavy atom. The summed E-state index contributed by atoms with van der Waals surface area (Å²) in [7, 11) is 0. The van der Waals surface area contributed by atoms with E-state index in [1.54, 1.807) is 4.52 Å². The van der Waals surface area contributed by atoms with Crippen molar-refractivity contribution in [2.75, 3.05) is 5.32 Å². The van der Waals surface area contributed by atoms with Crippen molar-refractivity contribution >= 4 is 28.9 Å². The van der Waals surface area contributed by atoms with Crippen LogP contribution < -0.4 is 5.32 Å². The van der Waals surface area contributed by atoms with Gasteiger partial charge in [-0.25, -0.2) is 4.98 Å². The Bertz CT molecular complexity index is 822. The van der Waals surface area contributed by atoms with Gasteiger partial charge in [0, 0.05) is 16.3 Å². The number of fused-ring (bicyclic) bond motifs is 2. The van der Waals surface area contributed by atoms with Crippen LogP contribution in [0.1, 0.15) is 23.5 Å². The van der Waals surface area contributed by atoms with Crippen LogP contribution in [0.5, 0.6) is 0 Å². The van der Waals surface area contributed by atoms with Gasteiger partial charge in [-0.3, -0.25) is 0 Å². The molecule has 0 saturated carbocycles. The lowest BCUT2D eigenvalue weighted by Crippen LogP contribution is -2.06. The lowest BCUT2D eigenvalue weighted by Gasteiger charge is -2.12. The predicted octanol–water partition coefficient (Wildman–Crippen LogP) is 3.32. The van der Waals surface area contributed by atoms with Gasteiger partial charge in [0.2, 0.25) is 0 Å². The number of halogens is 1. The van der Waals surface area contributed by atoms with E-state index in [-0.39, 0.29) is 0 Å². The van der Waals surface area contributed by atoms with Gasteiger partial charge in [0.1, 0.15) is 11.6 Å². The Hall–Kier alpha value is -2.14. The number of nitrogens with zero attached hydrogens (tertiary/aromatic N) is 4. The van der Waals surface area contributed by atoms with Gasteiger partial charge in [-0.2, -0.15) is 9.50 Å². The van der Waals surface area contributed by atoms with Crippen LogP contribution in [0, 0.1) is 6.92 Å². The lowest BCUT2D eigenvalue weighted by atomic mass is 10.2. The first-order valence-electron chi connectivity index (χ1n) is 6.98. The smallest absolute Gasteiger partial charge is 0.254 e. The third-order valence-electron chi connectivity index (χ3n) is 3.72. The molecule has 3 aromatic rings. The van der Waals surface area contributed by atoms with Crippen molar-refractivity contribution in [3.05, 3.63) is 46.4 Å². The summed E-state index contributed by atoms with van der Waals surface area (Å²) in [6, 6.07) is 7.66. The Morgan fingerprint density at radius 2 is 1.95 bits per heavy atom. The first-order chi connectivity index (χ1) is 10.2. The number of hydrogen-bond donors (Lipinski definition) is 1. The number of aromatic nitrogens is 4. The monoisotopic (exact) mass is 299 g/mol. The van der Waals surface area contributed by atoms with Gasteiger partial charge < -0.3 is 5.32 Å². The van der Waals surface area contributed by atoms with Crippen LogP contribution in [0.2, 0.25) is 5.02 Å². The van der Waals surface area contributed by atoms with Gasteiger partial charge in [-0.15, -0.1) is 5.10 Å². The fourth-order valence-corrected chi connectivity index (χ4v) is 2.91. The second kappa shape index (κ2) is 4.70. The fourth-order valence-electron chi connectivity index (χ4n) is 2.78. The number of benzene rings is 1. The number of nitrogens with one attached hydrogen (secondary N) is 1. The predicted molar refractivity (Wildman–Crippen MR) is 82.3 cm³/mol. The molecule has 6 heteroatoms. The van der Waals surface area contributed by atoms with E-state index in [2.05, 4.69) is 20.4 Å². The molecule has 4 rings (SSSR count). The van der Waals surface area contributed by atoms with Crippen LogP contribution in [0.15, 0.2) is 24.3 Å². The van der Waals surface area contributed by atoms with Crippen LogP contribution >= 0.6 is 11.6 Å². The molecule has 0 radical (unpaired) electrons. The molecular weight excluding hydrogens is 286 g/mol. The highest BCUT2D eigenvalue weighted by Gasteiger charge is 2.21. The van der Waals surface area contributed by atoms with Gasteiger partial charge in [0.25, 0.3) is 5.78 Å². The number of aryl methyl sites for hydroxylation is 2. The molecule has 1 aliphatic carbocycles. The highest BCUT2D eigenvalue weighted by atomic mass is 35.5. The van der Waals surface area contributed by atoms with Gasteiger partial charge in [0.15, 0.2) is 0 Å². The van der Waals surface area contributed by atoms with Crippen molar-refractivity contribution in [2.45, 2.75) is 26.2 Å². The van der Waals surface area contributed by atoms with E-state index in [0.29, 0.717) is 5.78 Å². The molecule has 0 amide bonds. The minimum absolute atomic E-state index is 0.657. The normalized spacial score (nSPS) is 13.6. The zero-order chi connectivity index (χ0) is 14.4. The van der Waals surface area contributed by atoms with Gasteiger partial charge in [-0.05, 0) is 50.5 Å². The maximum atomic E-state index is 5.94. The quantitative estimate of drug-likeness (QED) is 0.788. The topological polar surface area (TPSA) is 55.1 Å². The Balaban J connectivity index is 1.88. The van der Waals surface area contributed by atoms with Crippen LogP contribution in [-0.2, 0) is 12.8 Å². The summed E-state index contributed by atoms with van der Waals surface area (Å²) in [6.45, 7) is 1.88. The molecule has 106 valence electrons. The van der Waals surface area contributed by atoms with E-state index in [1.165, 1.54) is 5.56 Å². The number of anilines is 2. The highest BCUT2D eigenvalue weighted by Crippen LogP contribution is 2.30. The van der Waals surface area contributed by atoms with Crippen molar-refractivity contribution in [3.63, 3.8) is 0 Å². The summed E-state index contributed by atoms with van der Waals surface area (Å²) < 4.78 is 1.80. The summed E-state index contributed by atoms with van der Waals surface area (Å²) >= 11 is 5.94. The maximum Gasteiger partial charge on any atom is 0.254 e. The third-order valence-corrected chi connectivity index (χ3v) is 3.98. The number of hydrogen-bond acceptors (Lipinski definition) is 4. The Labute approximate surface area is 127 Å². The van der Waals surface area contributed by atoms with E-state index >= 15 is 0 Å². The zero-order valence-electron chi connectivity index (χ0n) is 11.6. The largest absolute Gasteiger partial charge is 0.340 e. The van der Waals surface area contributed by atoms with Crippen LogP contribution in [0.4, 0.5) is 11.5 Å². The van der Waals surface area contributed by atoms with E-state index < -0.39 is 0 Å². The van der Waals surface area contributed by atoms with Crippen molar-refractivity contribution in [3.8, 4) is 0 Å². The zero-order valence-corrected chi connectivity index (χ0v) is 12.4. The van der Waals surface area contributed by atoms with Gasteiger partial charge in [-0.1, -0.05) is 11.6 Å². The summed E-state index contributed by atoms with van der Waals surface area (Å²) in [5.41, 5.74) is 3.35. The third kappa shape index (κ3) is 2.14. The van der Waals surface area contributed by atoms with Crippen molar-refractivity contribution in [1.29, 1.82) is 0 Å². The fraction of sp³-hybridized carbons (Fsp3) is 0.267. The maximum absolute atomic E-state index is 5.94. The molecule has 1 aliphatic rings. The number of rotatable bonds is 2. The summed E-state index contributed by atoms with van der Waals surface area (Å²) in [5.74, 6) is 2.35. The Kier molecular flexibility index (Phi) is 2.82. The van der Waals surface area contributed by atoms with E-state index in [4.69, 9.17) is 11.6 Å². The van der Waals surface area contributed by atoms with E-state index in [9.17, 15) is 0 Å². The molecule has 2 heterocycles. The van der Waals surface area contributed by atoms with Gasteiger partial charge in [0.05, 0.1) is 5.69 Å². The molecule has 21 heavy (non-hydrogen) atoms. The molecule has 0 bridgehead atoms. The molecule has 0 aliphatic heterocycles. The average Bonchev–Trinajstić information content (AvgIpc) is 3.06. The standard InChI is InChI=1S/C15H14ClN5/c1-9-17-15-19-13-4-2-3-12(13)14(21(15)20-9)18-11-7-5-10(16)6-8-11/h5-8,18H,2-4H2,1H3. The SMILES string of the molecule is Cc1nc2nc3c(c(Nc4ccc(Cl)cc4)n2n1)CCC3. The average molecular weight is 300 g/mol. The minimum Gasteiger partial charge on any atom is -0.340 e. The van der Waals surface area contributed by atoms with Gasteiger partial charge >= 0.3 is 0 Å². The van der Waals surface area contributed by atoms with E-state index in [1.807, 2.05) is 31.2 Å². The molecule has 0 spiro atoms. The Morgan fingerprint density at radius 1 is 1.14 bits per heavy atom. The minimum atomic E-state index is 0.657. The molecule has 1 aromatic carbocycles. The summed E-state index contributed by atoms with van der Waals surface area (Å²) in [6.07, 6.45) is 3.16. The second-order valence-electron chi connectivity index (χ2n) is 5.24. The van der Waals surface area contributed by atoms with E-state index in [0.717, 1.165) is 47.3 Å². The molecule has 0 unspecified atom stereocenters. The molecule has 0 atom stereocenters. The van der Waals surface area contributed by atoms with Crippen LogP contribution in [0.25, 0.3) is 5.78 Å². The highest BCUT2D eigenvalue weighted by molar-refractivity contribution is 6.30. The molecule has 2 aromatic heterocycles. The molecule has 0 fully saturated rings. The molecule has 1 N–H and O–H groups in total. The molecule has 5 nitrogen and oxygen atoms in total. The van der Waals surface area contributed by atoms with Crippen molar-refractivity contribution < 1.29 is 0 Å². The van der Waals surface area contributed by atoms with Crippen molar-refractivity contribution in [1.82, 2.24) is 19.6 Å². The van der Waals surface area contributed by atoms with Crippen LogP contribution in [-0.4, -0.2) is 19.6 Å². The molecule has 0 saturated heterocycles. The first kappa shape index (κ1) is 12.6. The summed E-state index contributed by atoms with van der Waals surface area (Å²) in [5, 5.41) is 8.63. The van der Waals surface area contributed by atoms with Crippen LogP contribution in [0.3, 0.4) is 0 Å². The first-order valence-corrected chi connectivity index (χ1v) is 7.36.